The van der Waals surface area contributed by atoms with Gasteiger partial charge in [0.1, 0.15) is 5.82 Å². The van der Waals surface area contributed by atoms with Crippen LogP contribution in [0.3, 0.4) is 0 Å². The summed E-state index contributed by atoms with van der Waals surface area (Å²) in [6.07, 6.45) is 5.94. The predicted octanol–water partition coefficient (Wildman–Crippen LogP) is 1.86. The van der Waals surface area contributed by atoms with Gasteiger partial charge in [-0.3, -0.25) is 15.8 Å². The molecule has 1 fully saturated rings. The molecule has 144 valence electrons. The molecule has 2 unspecified atom stereocenters. The van der Waals surface area contributed by atoms with E-state index in [9.17, 15) is 0 Å². The number of nitrogens with one attached hydrogen (secondary N) is 3. The summed E-state index contributed by atoms with van der Waals surface area (Å²) in [7, 11) is 2.15. The first-order valence-corrected chi connectivity index (χ1v) is 9.86. The number of anilines is 1. The Morgan fingerprint density at radius 1 is 1.07 bits per heavy atom. The van der Waals surface area contributed by atoms with Crippen LogP contribution < -0.4 is 21.1 Å². The van der Waals surface area contributed by atoms with Gasteiger partial charge >= 0.3 is 0 Å². The van der Waals surface area contributed by atoms with Crippen LogP contribution in [0.15, 0.2) is 24.5 Å². The van der Waals surface area contributed by atoms with Gasteiger partial charge in [-0.25, -0.2) is 9.97 Å². The Hall–Kier alpha value is -2.09. The molecule has 1 saturated heterocycles. The molecular weight excluding hydrogens is 338 g/mol. The quantitative estimate of drug-likeness (QED) is 0.719. The number of hydrogen-bond acceptors (Lipinski definition) is 7. The maximum Gasteiger partial charge on any atom is 0.161 e. The van der Waals surface area contributed by atoms with Gasteiger partial charge in [0.05, 0.1) is 5.69 Å². The molecule has 0 aliphatic carbocycles. The highest BCUT2D eigenvalue weighted by atomic mass is 15.4. The molecule has 2 aromatic heterocycles. The van der Waals surface area contributed by atoms with Crippen molar-refractivity contribution in [2.24, 2.45) is 5.92 Å². The summed E-state index contributed by atoms with van der Waals surface area (Å²) in [5.74, 6) is 2.51. The lowest BCUT2D eigenvalue weighted by Crippen LogP contribution is -2.30. The monoisotopic (exact) mass is 367 g/mol. The molecule has 0 bridgehead atoms. The fourth-order valence-corrected chi connectivity index (χ4v) is 4.18. The molecule has 0 amide bonds. The van der Waals surface area contributed by atoms with Crippen molar-refractivity contribution in [2.45, 2.75) is 51.9 Å². The summed E-state index contributed by atoms with van der Waals surface area (Å²) in [5, 5.41) is 3.42. The Morgan fingerprint density at radius 3 is 2.56 bits per heavy atom. The maximum atomic E-state index is 4.92. The number of hydrazine groups is 1. The fourth-order valence-electron chi connectivity index (χ4n) is 4.18. The summed E-state index contributed by atoms with van der Waals surface area (Å²) >= 11 is 0. The van der Waals surface area contributed by atoms with Crippen LogP contribution in [0.25, 0.3) is 11.4 Å². The average Bonchev–Trinajstić information content (AvgIpc) is 3.29. The van der Waals surface area contributed by atoms with Crippen LogP contribution in [0.4, 0.5) is 5.82 Å². The van der Waals surface area contributed by atoms with E-state index in [1.54, 1.807) is 12.4 Å². The van der Waals surface area contributed by atoms with E-state index in [-0.39, 0.29) is 0 Å². The summed E-state index contributed by atoms with van der Waals surface area (Å²) < 4.78 is 0. The van der Waals surface area contributed by atoms with Crippen molar-refractivity contribution < 1.29 is 0 Å². The van der Waals surface area contributed by atoms with E-state index >= 15 is 0 Å². The molecule has 2 aromatic rings. The topological polar surface area (TPSA) is 78.0 Å². The van der Waals surface area contributed by atoms with E-state index in [2.05, 4.69) is 46.9 Å². The van der Waals surface area contributed by atoms with Crippen LogP contribution in [-0.4, -0.2) is 40.6 Å². The van der Waals surface area contributed by atoms with Crippen LogP contribution in [0, 0.1) is 5.92 Å². The van der Waals surface area contributed by atoms with Gasteiger partial charge in [-0.15, -0.1) is 0 Å². The van der Waals surface area contributed by atoms with E-state index in [1.165, 1.54) is 12.0 Å². The highest BCUT2D eigenvalue weighted by Crippen LogP contribution is 2.28. The largest absolute Gasteiger partial charge is 0.359 e. The second kappa shape index (κ2) is 7.88. The van der Waals surface area contributed by atoms with E-state index in [0.717, 1.165) is 49.0 Å². The second-order valence-electron chi connectivity index (χ2n) is 7.73. The van der Waals surface area contributed by atoms with Crippen LogP contribution in [-0.2, 0) is 13.1 Å². The highest BCUT2D eigenvalue weighted by Gasteiger charge is 2.29. The molecule has 2 aliphatic heterocycles. The molecule has 3 N–H and O–H groups in total. The first kappa shape index (κ1) is 18.3. The van der Waals surface area contributed by atoms with Gasteiger partial charge in [-0.1, -0.05) is 0 Å². The first-order valence-electron chi connectivity index (χ1n) is 9.86. The van der Waals surface area contributed by atoms with Gasteiger partial charge in [0, 0.05) is 62.3 Å². The normalized spacial score (nSPS) is 24.2. The van der Waals surface area contributed by atoms with Crippen molar-refractivity contribution >= 4 is 5.82 Å². The summed E-state index contributed by atoms with van der Waals surface area (Å²) in [6, 6.07) is 4.99. The molecule has 7 nitrogen and oxygen atoms in total. The van der Waals surface area contributed by atoms with Gasteiger partial charge in [-0.2, -0.15) is 0 Å². The lowest BCUT2D eigenvalue weighted by Gasteiger charge is -2.23. The van der Waals surface area contributed by atoms with Gasteiger partial charge < -0.3 is 10.2 Å². The predicted molar refractivity (Wildman–Crippen MR) is 107 cm³/mol. The SMILES string of the molecule is CC1NNC(C)C1CCCN(C)c1nc(-c2ccncc2)nc2c1CNC2. The van der Waals surface area contributed by atoms with Gasteiger partial charge in [0.25, 0.3) is 0 Å². The van der Waals surface area contributed by atoms with E-state index in [0.29, 0.717) is 18.0 Å². The van der Waals surface area contributed by atoms with E-state index in [1.807, 2.05) is 12.1 Å². The molecule has 2 aliphatic rings. The molecular formula is C20H29N7. The van der Waals surface area contributed by atoms with Crippen molar-refractivity contribution in [1.82, 2.24) is 31.1 Å². The summed E-state index contributed by atoms with van der Waals surface area (Å²) in [6.45, 7) is 7.17. The summed E-state index contributed by atoms with van der Waals surface area (Å²) in [4.78, 5) is 16.1. The van der Waals surface area contributed by atoms with Crippen molar-refractivity contribution in [3.8, 4) is 11.4 Å². The third-order valence-corrected chi connectivity index (χ3v) is 5.82. The number of nitrogens with zero attached hydrogens (tertiary/aromatic N) is 4. The third kappa shape index (κ3) is 3.81. The number of fused-ring (bicyclic) bond motifs is 1. The number of aromatic nitrogens is 3. The van der Waals surface area contributed by atoms with Crippen molar-refractivity contribution in [3.05, 3.63) is 35.8 Å². The first-order chi connectivity index (χ1) is 13.1. The zero-order chi connectivity index (χ0) is 18.8. The molecule has 7 heteroatoms. The smallest absolute Gasteiger partial charge is 0.161 e. The third-order valence-electron chi connectivity index (χ3n) is 5.82. The minimum Gasteiger partial charge on any atom is -0.359 e. The Balaban J connectivity index is 1.49. The Kier molecular flexibility index (Phi) is 5.33. The van der Waals surface area contributed by atoms with Crippen molar-refractivity contribution in [1.29, 1.82) is 0 Å². The van der Waals surface area contributed by atoms with Crippen LogP contribution in [0.5, 0.6) is 0 Å². The van der Waals surface area contributed by atoms with Gasteiger partial charge in [0.15, 0.2) is 5.82 Å². The maximum absolute atomic E-state index is 4.92. The molecule has 27 heavy (non-hydrogen) atoms. The zero-order valence-electron chi connectivity index (χ0n) is 16.4. The van der Waals surface area contributed by atoms with Crippen LogP contribution >= 0.6 is 0 Å². The van der Waals surface area contributed by atoms with E-state index < -0.39 is 0 Å². The van der Waals surface area contributed by atoms with Gasteiger partial charge in [0.2, 0.25) is 0 Å². The van der Waals surface area contributed by atoms with Crippen LogP contribution in [0.1, 0.15) is 37.9 Å². The standard InChI is InChI=1S/C20H29N7/c1-13-16(14(2)26-25-13)5-4-10-27(3)20-17-11-22-12-18(17)23-19(24-20)15-6-8-21-9-7-15/h6-9,13-14,16,22,25-26H,4-5,10-12H2,1-3H3. The number of pyridine rings is 1. The minimum atomic E-state index is 0.524. The Labute approximate surface area is 161 Å². The molecule has 4 heterocycles. The molecule has 0 aromatic carbocycles. The average molecular weight is 368 g/mol. The zero-order valence-corrected chi connectivity index (χ0v) is 16.4. The summed E-state index contributed by atoms with van der Waals surface area (Å²) in [5.41, 5.74) is 10.1. The number of hydrogen-bond donors (Lipinski definition) is 3. The van der Waals surface area contributed by atoms with Gasteiger partial charge in [-0.05, 0) is 44.7 Å². The van der Waals surface area contributed by atoms with Crippen molar-refractivity contribution in [3.63, 3.8) is 0 Å². The molecule has 4 rings (SSSR count). The number of rotatable bonds is 6. The minimum absolute atomic E-state index is 0.524. The molecule has 0 radical (unpaired) electrons. The van der Waals surface area contributed by atoms with E-state index in [4.69, 9.17) is 9.97 Å². The molecule has 2 atom stereocenters. The lowest BCUT2D eigenvalue weighted by atomic mass is 9.91. The molecule has 0 saturated carbocycles. The highest BCUT2D eigenvalue weighted by molar-refractivity contribution is 5.60. The second-order valence-corrected chi connectivity index (χ2v) is 7.73. The Morgan fingerprint density at radius 2 is 1.81 bits per heavy atom. The Bertz CT molecular complexity index is 769. The van der Waals surface area contributed by atoms with Crippen LogP contribution in [0.2, 0.25) is 0 Å². The molecule has 0 spiro atoms. The lowest BCUT2D eigenvalue weighted by molar-refractivity contribution is 0.403. The van der Waals surface area contributed by atoms with Crippen molar-refractivity contribution in [2.75, 3.05) is 18.5 Å². The fraction of sp³-hybridized carbons (Fsp3) is 0.550.